The number of thiazole rings is 1. The Bertz CT molecular complexity index is 505. The first-order valence-corrected chi connectivity index (χ1v) is 8.38. The number of rotatable bonds is 2. The van der Waals surface area contributed by atoms with Gasteiger partial charge < -0.3 is 9.64 Å². The van der Waals surface area contributed by atoms with Crippen molar-refractivity contribution in [2.75, 3.05) is 25.1 Å². The van der Waals surface area contributed by atoms with Gasteiger partial charge >= 0.3 is 5.97 Å². The normalized spacial score (nSPS) is 26.2. The van der Waals surface area contributed by atoms with Crippen molar-refractivity contribution in [2.24, 2.45) is 11.8 Å². The number of nitrogens with zero attached hydrogens (tertiary/aromatic N) is 2. The number of fused-ring (bicyclic) bond motifs is 1. The van der Waals surface area contributed by atoms with Gasteiger partial charge in [-0.1, -0.05) is 42.2 Å². The van der Waals surface area contributed by atoms with Crippen LogP contribution in [0.2, 0.25) is 5.15 Å². The van der Waals surface area contributed by atoms with Gasteiger partial charge in [-0.25, -0.2) is 9.78 Å². The highest BCUT2D eigenvalue weighted by Gasteiger charge is 2.32. The Hall–Kier alpha value is -0.810. The lowest BCUT2D eigenvalue weighted by atomic mass is 9.75. The number of carbonyl (C=O) groups excluding carboxylic acids is 1. The van der Waals surface area contributed by atoms with Gasteiger partial charge in [0.05, 0.1) is 7.11 Å². The third-order valence-electron chi connectivity index (χ3n) is 4.51. The summed E-state index contributed by atoms with van der Waals surface area (Å²) in [6, 6.07) is 0. The van der Waals surface area contributed by atoms with Crippen LogP contribution in [0.4, 0.5) is 5.13 Å². The zero-order chi connectivity index (χ0) is 14.1. The highest BCUT2D eigenvalue weighted by Crippen LogP contribution is 2.39. The van der Waals surface area contributed by atoms with Crippen LogP contribution in [0.1, 0.15) is 41.8 Å². The average molecular weight is 315 g/mol. The van der Waals surface area contributed by atoms with Crippen LogP contribution in [0.3, 0.4) is 0 Å². The van der Waals surface area contributed by atoms with E-state index in [9.17, 15) is 4.79 Å². The summed E-state index contributed by atoms with van der Waals surface area (Å²) in [5.41, 5.74) is 0. The summed E-state index contributed by atoms with van der Waals surface area (Å²) < 4.78 is 4.73. The lowest BCUT2D eigenvalue weighted by Crippen LogP contribution is -2.41. The SMILES string of the molecule is COC(=O)c1sc(N2CCC3CCCCC3C2)nc1Cl. The van der Waals surface area contributed by atoms with E-state index in [0.29, 0.717) is 4.88 Å². The first kappa shape index (κ1) is 14.1. The van der Waals surface area contributed by atoms with Crippen LogP contribution in [-0.4, -0.2) is 31.2 Å². The van der Waals surface area contributed by atoms with E-state index < -0.39 is 5.97 Å². The molecule has 1 saturated heterocycles. The molecular formula is C14H19ClN2O2S. The Morgan fingerprint density at radius 3 is 2.85 bits per heavy atom. The fourth-order valence-electron chi connectivity index (χ4n) is 3.42. The fourth-order valence-corrected chi connectivity index (χ4v) is 4.65. The van der Waals surface area contributed by atoms with Crippen molar-refractivity contribution in [1.29, 1.82) is 0 Å². The monoisotopic (exact) mass is 314 g/mol. The smallest absolute Gasteiger partial charge is 0.351 e. The average Bonchev–Trinajstić information content (AvgIpc) is 2.88. The molecule has 1 aliphatic carbocycles. The van der Waals surface area contributed by atoms with Crippen LogP contribution in [0.5, 0.6) is 0 Å². The second kappa shape index (κ2) is 5.90. The molecule has 1 aromatic heterocycles. The van der Waals surface area contributed by atoms with Crippen molar-refractivity contribution in [2.45, 2.75) is 32.1 Å². The largest absolute Gasteiger partial charge is 0.465 e. The van der Waals surface area contributed by atoms with E-state index in [2.05, 4.69) is 9.88 Å². The maximum Gasteiger partial charge on any atom is 0.351 e. The van der Waals surface area contributed by atoms with Gasteiger partial charge in [0.1, 0.15) is 0 Å². The Morgan fingerprint density at radius 2 is 2.10 bits per heavy atom. The van der Waals surface area contributed by atoms with Gasteiger partial charge in [0.25, 0.3) is 0 Å². The molecule has 1 aromatic rings. The molecule has 6 heteroatoms. The van der Waals surface area contributed by atoms with Gasteiger partial charge in [-0.15, -0.1) is 0 Å². The Labute approximate surface area is 128 Å². The number of piperidine rings is 1. The maximum absolute atomic E-state index is 11.6. The van der Waals surface area contributed by atoms with Crippen LogP contribution in [0, 0.1) is 11.8 Å². The molecule has 20 heavy (non-hydrogen) atoms. The molecule has 0 spiro atoms. The number of hydrogen-bond acceptors (Lipinski definition) is 5. The zero-order valence-corrected chi connectivity index (χ0v) is 13.2. The van der Waals surface area contributed by atoms with Gasteiger partial charge in [-0.2, -0.15) is 0 Å². The van der Waals surface area contributed by atoms with Crippen molar-refractivity contribution >= 4 is 34.0 Å². The molecule has 0 radical (unpaired) electrons. The standard InChI is InChI=1S/C14H19ClN2O2S/c1-19-13(18)11-12(15)16-14(20-11)17-7-6-9-4-2-3-5-10(9)8-17/h9-10H,2-8H2,1H3. The quantitative estimate of drug-likeness (QED) is 0.782. The predicted octanol–water partition coefficient (Wildman–Crippen LogP) is 3.60. The van der Waals surface area contributed by atoms with Crippen LogP contribution >= 0.6 is 22.9 Å². The van der Waals surface area contributed by atoms with Crippen LogP contribution < -0.4 is 4.90 Å². The number of carbonyl (C=O) groups is 1. The molecule has 4 nitrogen and oxygen atoms in total. The molecule has 0 aromatic carbocycles. The minimum absolute atomic E-state index is 0.266. The van der Waals surface area contributed by atoms with Gasteiger partial charge in [0, 0.05) is 13.1 Å². The molecule has 2 atom stereocenters. The minimum Gasteiger partial charge on any atom is -0.465 e. The highest BCUT2D eigenvalue weighted by atomic mass is 35.5. The third-order valence-corrected chi connectivity index (χ3v) is 5.99. The molecule has 3 rings (SSSR count). The molecule has 2 unspecified atom stereocenters. The zero-order valence-electron chi connectivity index (χ0n) is 11.6. The summed E-state index contributed by atoms with van der Waals surface area (Å²) in [4.78, 5) is 18.7. The molecule has 2 heterocycles. The maximum atomic E-state index is 11.6. The number of ether oxygens (including phenoxy) is 1. The van der Waals surface area contributed by atoms with E-state index in [-0.39, 0.29) is 5.15 Å². The van der Waals surface area contributed by atoms with Crippen LogP contribution in [0.15, 0.2) is 0 Å². The molecule has 2 fully saturated rings. The Kier molecular flexibility index (Phi) is 4.17. The fraction of sp³-hybridized carbons (Fsp3) is 0.714. The van der Waals surface area contributed by atoms with Crippen LogP contribution in [-0.2, 0) is 4.74 Å². The summed E-state index contributed by atoms with van der Waals surface area (Å²) in [6.07, 6.45) is 6.67. The molecule has 0 N–H and O–H groups in total. The second-order valence-corrected chi connectivity index (χ2v) is 6.98. The molecular weight excluding hydrogens is 296 g/mol. The number of halogens is 1. The van der Waals surface area contributed by atoms with Gasteiger partial charge in [0.15, 0.2) is 15.2 Å². The second-order valence-electron chi connectivity index (χ2n) is 5.65. The molecule has 1 saturated carbocycles. The van der Waals surface area contributed by atoms with E-state index in [0.717, 1.165) is 30.1 Å². The number of esters is 1. The lowest BCUT2D eigenvalue weighted by Gasteiger charge is -2.41. The molecule has 1 aliphatic heterocycles. The molecule has 110 valence electrons. The van der Waals surface area contributed by atoms with Crippen molar-refractivity contribution in [3.8, 4) is 0 Å². The summed E-state index contributed by atoms with van der Waals surface area (Å²) >= 11 is 7.39. The predicted molar refractivity (Wildman–Crippen MR) is 80.7 cm³/mol. The number of anilines is 1. The summed E-state index contributed by atoms with van der Waals surface area (Å²) in [7, 11) is 1.37. The summed E-state index contributed by atoms with van der Waals surface area (Å²) in [5, 5.41) is 1.13. The highest BCUT2D eigenvalue weighted by molar-refractivity contribution is 7.18. The lowest BCUT2D eigenvalue weighted by molar-refractivity contribution is 0.0606. The molecule has 2 aliphatic rings. The van der Waals surface area contributed by atoms with E-state index in [1.165, 1.54) is 50.6 Å². The van der Waals surface area contributed by atoms with Crippen molar-refractivity contribution < 1.29 is 9.53 Å². The van der Waals surface area contributed by atoms with E-state index in [1.807, 2.05) is 0 Å². The first-order chi connectivity index (χ1) is 9.69. The number of methoxy groups -OCH3 is 1. The Morgan fingerprint density at radius 1 is 1.35 bits per heavy atom. The van der Waals surface area contributed by atoms with E-state index in [1.54, 1.807) is 0 Å². The first-order valence-electron chi connectivity index (χ1n) is 7.18. The van der Waals surface area contributed by atoms with Crippen molar-refractivity contribution in [1.82, 2.24) is 4.98 Å². The van der Waals surface area contributed by atoms with E-state index >= 15 is 0 Å². The topological polar surface area (TPSA) is 42.4 Å². The molecule has 0 bridgehead atoms. The minimum atomic E-state index is -0.397. The molecule has 0 amide bonds. The number of hydrogen-bond donors (Lipinski definition) is 0. The van der Waals surface area contributed by atoms with Gasteiger partial charge in [0.2, 0.25) is 0 Å². The third kappa shape index (κ3) is 2.66. The summed E-state index contributed by atoms with van der Waals surface area (Å²) in [5.74, 6) is 1.27. The van der Waals surface area contributed by atoms with Gasteiger partial charge in [-0.3, -0.25) is 0 Å². The van der Waals surface area contributed by atoms with Crippen molar-refractivity contribution in [3.63, 3.8) is 0 Å². The number of aromatic nitrogens is 1. The van der Waals surface area contributed by atoms with Crippen molar-refractivity contribution in [3.05, 3.63) is 10.0 Å². The summed E-state index contributed by atoms with van der Waals surface area (Å²) in [6.45, 7) is 2.07. The van der Waals surface area contributed by atoms with Crippen LogP contribution in [0.25, 0.3) is 0 Å². The van der Waals surface area contributed by atoms with Gasteiger partial charge in [-0.05, 0) is 24.7 Å². The van der Waals surface area contributed by atoms with E-state index in [4.69, 9.17) is 16.3 Å². The Balaban J connectivity index is 1.75.